The average molecular weight is 341 g/mol. The van der Waals surface area contributed by atoms with Crippen molar-refractivity contribution in [1.29, 1.82) is 0 Å². The molecule has 6 heteroatoms. The second-order valence-corrected chi connectivity index (χ2v) is 5.80. The molecule has 6 nitrogen and oxygen atoms in total. The van der Waals surface area contributed by atoms with Gasteiger partial charge < -0.3 is 19.5 Å². The molecule has 0 saturated heterocycles. The van der Waals surface area contributed by atoms with Crippen molar-refractivity contribution in [2.24, 2.45) is 0 Å². The Bertz CT molecular complexity index is 789. The Morgan fingerprint density at radius 3 is 2.68 bits per heavy atom. The lowest BCUT2D eigenvalue weighted by molar-refractivity contribution is -0.162. The first-order chi connectivity index (χ1) is 12.0. The standard InChI is InChI=1S/C19H19NO5/c1-12-6-5-7-14(10-12)20-18(21)13(2)24-19(22)17-11-23-15-8-3-4-9-16(15)25-17/h3-10,13,17H,11H2,1-2H3,(H,20,21). The van der Waals surface area contributed by atoms with E-state index in [9.17, 15) is 9.59 Å². The Balaban J connectivity index is 1.56. The highest BCUT2D eigenvalue weighted by Gasteiger charge is 2.31. The minimum atomic E-state index is -0.950. The number of fused-ring (bicyclic) bond motifs is 1. The van der Waals surface area contributed by atoms with E-state index in [1.54, 1.807) is 24.3 Å². The lowest BCUT2D eigenvalue weighted by Crippen LogP contribution is -2.41. The first-order valence-electron chi connectivity index (χ1n) is 7.99. The van der Waals surface area contributed by atoms with Crippen molar-refractivity contribution in [3.8, 4) is 11.5 Å². The third kappa shape index (κ3) is 4.09. The van der Waals surface area contributed by atoms with E-state index >= 15 is 0 Å². The van der Waals surface area contributed by atoms with E-state index in [4.69, 9.17) is 14.2 Å². The van der Waals surface area contributed by atoms with Gasteiger partial charge in [-0.05, 0) is 43.7 Å². The fraction of sp³-hybridized carbons (Fsp3) is 0.263. The minimum Gasteiger partial charge on any atom is -0.485 e. The van der Waals surface area contributed by atoms with E-state index in [1.165, 1.54) is 6.92 Å². The average Bonchev–Trinajstić information content (AvgIpc) is 2.61. The molecule has 0 bridgehead atoms. The van der Waals surface area contributed by atoms with E-state index in [2.05, 4.69) is 5.32 Å². The highest BCUT2D eigenvalue weighted by Crippen LogP contribution is 2.31. The van der Waals surface area contributed by atoms with Gasteiger partial charge in [-0.3, -0.25) is 4.79 Å². The number of rotatable bonds is 4. The molecule has 0 saturated carbocycles. The summed E-state index contributed by atoms with van der Waals surface area (Å²) in [4.78, 5) is 24.4. The van der Waals surface area contributed by atoms with E-state index in [0.717, 1.165) is 5.56 Å². The van der Waals surface area contributed by atoms with Crippen LogP contribution in [0.2, 0.25) is 0 Å². The second kappa shape index (κ2) is 7.25. The second-order valence-electron chi connectivity index (χ2n) is 5.80. The molecular formula is C19H19NO5. The van der Waals surface area contributed by atoms with Gasteiger partial charge in [0.2, 0.25) is 6.10 Å². The van der Waals surface area contributed by atoms with Gasteiger partial charge in [0.15, 0.2) is 17.6 Å². The van der Waals surface area contributed by atoms with Crippen molar-refractivity contribution >= 4 is 17.6 Å². The third-order valence-corrected chi connectivity index (χ3v) is 3.72. The summed E-state index contributed by atoms with van der Waals surface area (Å²) < 4.78 is 16.3. The summed E-state index contributed by atoms with van der Waals surface area (Å²) >= 11 is 0. The summed E-state index contributed by atoms with van der Waals surface area (Å²) in [5.41, 5.74) is 1.67. The minimum absolute atomic E-state index is 0.0437. The lowest BCUT2D eigenvalue weighted by atomic mass is 10.2. The van der Waals surface area contributed by atoms with Crippen LogP contribution in [0.4, 0.5) is 5.69 Å². The van der Waals surface area contributed by atoms with Gasteiger partial charge >= 0.3 is 5.97 Å². The highest BCUT2D eigenvalue weighted by molar-refractivity contribution is 5.95. The number of para-hydroxylation sites is 2. The van der Waals surface area contributed by atoms with Gasteiger partial charge in [-0.1, -0.05) is 24.3 Å². The molecule has 2 unspecified atom stereocenters. The van der Waals surface area contributed by atoms with Gasteiger partial charge in [0.1, 0.15) is 6.61 Å². The Kier molecular flexibility index (Phi) is 4.88. The van der Waals surface area contributed by atoms with Gasteiger partial charge in [0, 0.05) is 5.69 Å². The van der Waals surface area contributed by atoms with Crippen LogP contribution in [0.1, 0.15) is 12.5 Å². The predicted molar refractivity (Wildman–Crippen MR) is 91.7 cm³/mol. The molecule has 3 rings (SSSR count). The molecule has 2 atom stereocenters. The Morgan fingerprint density at radius 1 is 1.16 bits per heavy atom. The summed E-state index contributed by atoms with van der Waals surface area (Å²) in [5, 5.41) is 2.72. The molecule has 2 aromatic carbocycles. The third-order valence-electron chi connectivity index (χ3n) is 3.72. The van der Waals surface area contributed by atoms with Crippen molar-refractivity contribution in [3.63, 3.8) is 0 Å². The normalized spacial score (nSPS) is 16.6. The van der Waals surface area contributed by atoms with Gasteiger partial charge in [-0.15, -0.1) is 0 Å². The number of esters is 1. The summed E-state index contributed by atoms with van der Waals surface area (Å²) in [7, 11) is 0. The van der Waals surface area contributed by atoms with Gasteiger partial charge in [0.05, 0.1) is 0 Å². The van der Waals surface area contributed by atoms with Crippen molar-refractivity contribution in [2.45, 2.75) is 26.1 Å². The summed E-state index contributed by atoms with van der Waals surface area (Å²) in [6.07, 6.45) is -1.85. The number of ether oxygens (including phenoxy) is 3. The number of aryl methyl sites for hydroxylation is 1. The van der Waals surface area contributed by atoms with Crippen LogP contribution < -0.4 is 14.8 Å². The first kappa shape index (κ1) is 16.8. The molecule has 0 spiro atoms. The molecule has 2 aromatic rings. The zero-order valence-corrected chi connectivity index (χ0v) is 14.0. The molecule has 1 heterocycles. The van der Waals surface area contributed by atoms with Gasteiger partial charge in [0.25, 0.3) is 5.91 Å². The van der Waals surface area contributed by atoms with Crippen LogP contribution in [0.5, 0.6) is 11.5 Å². The van der Waals surface area contributed by atoms with Gasteiger partial charge in [-0.2, -0.15) is 0 Å². The van der Waals surface area contributed by atoms with E-state index in [0.29, 0.717) is 17.2 Å². The van der Waals surface area contributed by atoms with Crippen molar-refractivity contribution in [1.82, 2.24) is 0 Å². The highest BCUT2D eigenvalue weighted by atomic mass is 16.6. The van der Waals surface area contributed by atoms with Crippen molar-refractivity contribution in [3.05, 3.63) is 54.1 Å². The molecule has 25 heavy (non-hydrogen) atoms. The Labute approximate surface area is 145 Å². The largest absolute Gasteiger partial charge is 0.485 e. The van der Waals surface area contributed by atoms with Crippen LogP contribution in [-0.4, -0.2) is 30.7 Å². The van der Waals surface area contributed by atoms with Crippen LogP contribution in [0.25, 0.3) is 0 Å². The zero-order valence-electron chi connectivity index (χ0n) is 14.0. The fourth-order valence-electron chi connectivity index (χ4n) is 2.41. The number of hydrogen-bond donors (Lipinski definition) is 1. The SMILES string of the molecule is Cc1cccc(NC(=O)C(C)OC(=O)C2COc3ccccc3O2)c1. The summed E-state index contributed by atoms with van der Waals surface area (Å²) in [6, 6.07) is 14.4. The van der Waals surface area contributed by atoms with Crippen LogP contribution >= 0.6 is 0 Å². The molecule has 0 aromatic heterocycles. The lowest BCUT2D eigenvalue weighted by Gasteiger charge is -2.25. The molecule has 0 aliphatic carbocycles. The van der Waals surface area contributed by atoms with E-state index in [1.807, 2.05) is 31.2 Å². The smallest absolute Gasteiger partial charge is 0.351 e. The van der Waals surface area contributed by atoms with Gasteiger partial charge in [-0.25, -0.2) is 4.79 Å². The molecule has 1 aliphatic rings. The maximum absolute atomic E-state index is 12.2. The molecule has 0 radical (unpaired) electrons. The monoisotopic (exact) mass is 341 g/mol. The maximum Gasteiger partial charge on any atom is 0.351 e. The molecule has 1 aliphatic heterocycles. The van der Waals surface area contributed by atoms with E-state index in [-0.39, 0.29) is 6.61 Å². The van der Waals surface area contributed by atoms with Crippen LogP contribution in [-0.2, 0) is 14.3 Å². The Hall–Kier alpha value is -3.02. The molecular weight excluding hydrogens is 322 g/mol. The number of anilines is 1. The number of hydrogen-bond acceptors (Lipinski definition) is 5. The van der Waals surface area contributed by atoms with Crippen LogP contribution in [0.15, 0.2) is 48.5 Å². The van der Waals surface area contributed by atoms with Crippen molar-refractivity contribution < 1.29 is 23.8 Å². The number of benzene rings is 2. The van der Waals surface area contributed by atoms with Crippen molar-refractivity contribution in [2.75, 3.05) is 11.9 Å². The van der Waals surface area contributed by atoms with Crippen LogP contribution in [0, 0.1) is 6.92 Å². The van der Waals surface area contributed by atoms with Crippen LogP contribution in [0.3, 0.4) is 0 Å². The number of nitrogens with one attached hydrogen (secondary N) is 1. The summed E-state index contributed by atoms with van der Waals surface area (Å²) in [6.45, 7) is 3.49. The number of amides is 1. The zero-order chi connectivity index (χ0) is 17.8. The molecule has 1 N–H and O–H groups in total. The number of carbonyl (C=O) groups is 2. The maximum atomic E-state index is 12.2. The Morgan fingerprint density at radius 2 is 1.92 bits per heavy atom. The predicted octanol–water partition coefficient (Wildman–Crippen LogP) is 2.71. The fourth-order valence-corrected chi connectivity index (χ4v) is 2.41. The molecule has 0 fully saturated rings. The van der Waals surface area contributed by atoms with E-state index < -0.39 is 24.1 Å². The topological polar surface area (TPSA) is 73.9 Å². The molecule has 130 valence electrons. The molecule has 1 amide bonds. The summed E-state index contributed by atoms with van der Waals surface area (Å²) in [5.74, 6) is 0.0156. The first-order valence-corrected chi connectivity index (χ1v) is 7.99. The quantitative estimate of drug-likeness (QED) is 0.866. The number of carbonyl (C=O) groups excluding carboxylic acids is 2.